The summed E-state index contributed by atoms with van der Waals surface area (Å²) in [6.07, 6.45) is 1.72. The van der Waals surface area contributed by atoms with Crippen molar-refractivity contribution < 1.29 is 9.53 Å². The van der Waals surface area contributed by atoms with Crippen LogP contribution in [0.2, 0.25) is 0 Å². The molecule has 0 bridgehead atoms. The van der Waals surface area contributed by atoms with E-state index in [0.29, 0.717) is 0 Å². The van der Waals surface area contributed by atoms with Gasteiger partial charge in [-0.1, -0.05) is 19.1 Å². The van der Waals surface area contributed by atoms with Gasteiger partial charge in [-0.05, 0) is 44.0 Å². The van der Waals surface area contributed by atoms with Crippen LogP contribution < -0.4 is 20.7 Å². The van der Waals surface area contributed by atoms with Crippen molar-refractivity contribution in [1.82, 2.24) is 16.0 Å². The molecule has 0 radical (unpaired) electrons. The van der Waals surface area contributed by atoms with E-state index in [1.54, 1.807) is 7.11 Å². The molecule has 24 heavy (non-hydrogen) atoms. The molecule has 1 aromatic carbocycles. The van der Waals surface area contributed by atoms with Crippen LogP contribution in [0.25, 0.3) is 0 Å². The van der Waals surface area contributed by atoms with Gasteiger partial charge in [0.25, 0.3) is 0 Å². The number of methoxy groups -OCH3 is 1. The second-order valence-electron chi connectivity index (χ2n) is 6.31. The van der Waals surface area contributed by atoms with Gasteiger partial charge < -0.3 is 20.7 Å². The lowest BCUT2D eigenvalue weighted by atomic mass is 9.87. The van der Waals surface area contributed by atoms with E-state index in [-0.39, 0.29) is 29.4 Å². The lowest BCUT2D eigenvalue weighted by Gasteiger charge is -2.33. The lowest BCUT2D eigenvalue weighted by Crippen LogP contribution is -2.53. The fraction of sp³-hybridized carbons (Fsp3) is 0.611. The van der Waals surface area contributed by atoms with E-state index in [4.69, 9.17) is 16.3 Å². The number of benzene rings is 1. The van der Waals surface area contributed by atoms with Gasteiger partial charge in [0.05, 0.1) is 12.5 Å². The van der Waals surface area contributed by atoms with E-state index < -0.39 is 0 Å². The number of hydrogen-bond acceptors (Lipinski definition) is 3. The number of halogens is 1. The smallest absolute Gasteiger partial charge is 0.315 e. The quantitative estimate of drug-likeness (QED) is 0.689. The first-order chi connectivity index (χ1) is 11.5. The lowest BCUT2D eigenvalue weighted by molar-refractivity contribution is 0.227. The molecule has 2 unspecified atom stereocenters. The predicted octanol–water partition coefficient (Wildman–Crippen LogP) is 2.85. The molecule has 1 aliphatic rings. The molecule has 5 nitrogen and oxygen atoms in total. The van der Waals surface area contributed by atoms with Gasteiger partial charge in [-0.3, -0.25) is 0 Å². The number of hydrogen-bond donors (Lipinski definition) is 3. The van der Waals surface area contributed by atoms with Crippen molar-refractivity contribution in [2.75, 3.05) is 20.2 Å². The van der Waals surface area contributed by atoms with Crippen molar-refractivity contribution in [3.8, 4) is 5.75 Å². The SMILES string of the molecule is CC[C@H](Cl)C(C)NC(=O)N[C@@H]1CCNCC1c1ccc(OC)cc1. The first-order valence-electron chi connectivity index (χ1n) is 8.61. The van der Waals surface area contributed by atoms with E-state index in [9.17, 15) is 4.79 Å². The maximum absolute atomic E-state index is 12.3. The molecule has 0 aliphatic carbocycles. The first kappa shape index (κ1) is 18.9. The minimum absolute atomic E-state index is 0.0545. The third-order valence-corrected chi connectivity index (χ3v) is 5.32. The zero-order valence-electron chi connectivity index (χ0n) is 14.6. The summed E-state index contributed by atoms with van der Waals surface area (Å²) in [7, 11) is 1.66. The third kappa shape index (κ3) is 5.02. The number of nitrogens with one attached hydrogen (secondary N) is 3. The average molecular weight is 354 g/mol. The van der Waals surface area contributed by atoms with Gasteiger partial charge in [-0.25, -0.2) is 4.79 Å². The maximum atomic E-state index is 12.3. The highest BCUT2D eigenvalue weighted by molar-refractivity contribution is 6.21. The molecule has 0 spiro atoms. The van der Waals surface area contributed by atoms with E-state index in [1.165, 1.54) is 5.56 Å². The van der Waals surface area contributed by atoms with Crippen LogP contribution in [-0.4, -0.2) is 43.7 Å². The van der Waals surface area contributed by atoms with E-state index >= 15 is 0 Å². The summed E-state index contributed by atoms with van der Waals surface area (Å²) in [6.45, 7) is 5.70. The monoisotopic (exact) mass is 353 g/mol. The van der Waals surface area contributed by atoms with E-state index in [2.05, 4.69) is 28.1 Å². The Bertz CT molecular complexity index is 524. The third-order valence-electron chi connectivity index (χ3n) is 4.63. The minimum atomic E-state index is -0.146. The Morgan fingerprint density at radius 3 is 2.75 bits per heavy atom. The number of amides is 2. The second-order valence-corrected chi connectivity index (χ2v) is 6.87. The molecule has 1 aromatic rings. The van der Waals surface area contributed by atoms with E-state index in [1.807, 2.05) is 26.0 Å². The van der Waals surface area contributed by atoms with Crippen LogP contribution in [0, 0.1) is 0 Å². The summed E-state index contributed by atoms with van der Waals surface area (Å²) in [5.41, 5.74) is 1.20. The van der Waals surface area contributed by atoms with Crippen molar-refractivity contribution in [3.05, 3.63) is 29.8 Å². The molecule has 1 fully saturated rings. The summed E-state index contributed by atoms with van der Waals surface area (Å²) in [5.74, 6) is 1.08. The molecule has 0 saturated carbocycles. The zero-order valence-corrected chi connectivity index (χ0v) is 15.4. The maximum Gasteiger partial charge on any atom is 0.315 e. The fourth-order valence-electron chi connectivity index (χ4n) is 3.09. The average Bonchev–Trinajstić information content (AvgIpc) is 2.61. The highest BCUT2D eigenvalue weighted by Gasteiger charge is 2.28. The number of ether oxygens (including phenoxy) is 1. The van der Waals surface area contributed by atoms with Crippen LogP contribution in [0.15, 0.2) is 24.3 Å². The molecule has 2 amide bonds. The van der Waals surface area contributed by atoms with Gasteiger partial charge in [-0.2, -0.15) is 0 Å². The number of rotatable bonds is 6. The number of urea groups is 1. The highest BCUT2D eigenvalue weighted by atomic mass is 35.5. The Labute approximate surface area is 149 Å². The summed E-state index contributed by atoms with van der Waals surface area (Å²) >= 11 is 6.19. The van der Waals surface area contributed by atoms with E-state index in [0.717, 1.165) is 31.7 Å². The topological polar surface area (TPSA) is 62.4 Å². The first-order valence-corrected chi connectivity index (χ1v) is 9.04. The van der Waals surface area contributed by atoms with Crippen molar-refractivity contribution in [1.29, 1.82) is 0 Å². The van der Waals surface area contributed by atoms with Gasteiger partial charge in [-0.15, -0.1) is 11.6 Å². The molecule has 2 rings (SSSR count). The Kier molecular flexibility index (Phi) is 7.18. The van der Waals surface area contributed by atoms with Crippen LogP contribution in [0.5, 0.6) is 5.75 Å². The van der Waals surface area contributed by atoms with Crippen molar-refractivity contribution in [2.45, 2.75) is 50.1 Å². The van der Waals surface area contributed by atoms with Crippen molar-refractivity contribution in [2.24, 2.45) is 0 Å². The largest absolute Gasteiger partial charge is 0.497 e. The molecule has 134 valence electrons. The number of alkyl halides is 1. The molecular weight excluding hydrogens is 326 g/mol. The van der Waals surface area contributed by atoms with Gasteiger partial charge in [0.2, 0.25) is 0 Å². The molecule has 1 heterocycles. The normalized spacial score (nSPS) is 23.2. The Morgan fingerprint density at radius 2 is 2.12 bits per heavy atom. The van der Waals surface area contributed by atoms with Crippen LogP contribution in [-0.2, 0) is 0 Å². The summed E-state index contributed by atoms with van der Waals surface area (Å²) in [5, 5.41) is 9.43. The van der Waals surface area contributed by atoms with Gasteiger partial charge >= 0.3 is 6.03 Å². The number of carbonyl (C=O) groups excluding carboxylic acids is 1. The van der Waals surface area contributed by atoms with Crippen LogP contribution in [0.3, 0.4) is 0 Å². The summed E-state index contributed by atoms with van der Waals surface area (Å²) in [6, 6.07) is 7.95. The molecule has 1 saturated heterocycles. The molecule has 0 aromatic heterocycles. The summed E-state index contributed by atoms with van der Waals surface area (Å²) in [4.78, 5) is 12.3. The highest BCUT2D eigenvalue weighted by Crippen LogP contribution is 2.25. The van der Waals surface area contributed by atoms with Crippen LogP contribution >= 0.6 is 11.6 Å². The Morgan fingerprint density at radius 1 is 1.42 bits per heavy atom. The van der Waals surface area contributed by atoms with Crippen LogP contribution in [0.4, 0.5) is 4.79 Å². The van der Waals surface area contributed by atoms with Gasteiger partial charge in [0, 0.05) is 24.5 Å². The fourth-order valence-corrected chi connectivity index (χ4v) is 3.16. The predicted molar refractivity (Wildman–Crippen MR) is 98.1 cm³/mol. The van der Waals surface area contributed by atoms with Crippen molar-refractivity contribution >= 4 is 17.6 Å². The van der Waals surface area contributed by atoms with Crippen LogP contribution in [0.1, 0.15) is 38.2 Å². The van der Waals surface area contributed by atoms with Crippen molar-refractivity contribution in [3.63, 3.8) is 0 Å². The standard InChI is InChI=1S/C18H28ClN3O2/c1-4-16(19)12(2)21-18(23)22-17-9-10-20-11-15(17)13-5-7-14(24-3)8-6-13/h5-8,12,15-17,20H,4,9-11H2,1-3H3,(H2,21,22,23)/t12?,15?,16-,17+/m0/s1. The Hall–Kier alpha value is -1.46. The van der Waals surface area contributed by atoms with Gasteiger partial charge in [0.15, 0.2) is 0 Å². The number of carbonyl (C=O) groups is 1. The van der Waals surface area contributed by atoms with Gasteiger partial charge in [0.1, 0.15) is 5.75 Å². The molecule has 3 N–H and O–H groups in total. The molecule has 1 aliphatic heterocycles. The molecule has 6 heteroatoms. The minimum Gasteiger partial charge on any atom is -0.497 e. The number of piperidine rings is 1. The Balaban J connectivity index is 1.99. The summed E-state index contributed by atoms with van der Waals surface area (Å²) < 4.78 is 5.22. The molecule has 4 atom stereocenters. The second kappa shape index (κ2) is 9.14. The molecular formula is C18H28ClN3O2. The zero-order chi connectivity index (χ0) is 17.5.